The summed E-state index contributed by atoms with van der Waals surface area (Å²) in [4.78, 5) is 0. The van der Waals surface area contributed by atoms with E-state index in [1.807, 2.05) is 84.1 Å². The molecule has 6 nitrogen and oxygen atoms in total. The van der Waals surface area contributed by atoms with Crippen LogP contribution in [0.3, 0.4) is 0 Å². The van der Waals surface area contributed by atoms with Gasteiger partial charge >= 0.3 is 0 Å². The Bertz CT molecular complexity index is 2520. The highest BCUT2D eigenvalue weighted by Gasteiger charge is 2.61. The van der Waals surface area contributed by atoms with Crippen molar-refractivity contribution in [2.24, 2.45) is 0 Å². The van der Waals surface area contributed by atoms with Crippen molar-refractivity contribution in [2.45, 2.75) is 96.2 Å². The van der Waals surface area contributed by atoms with E-state index in [1.165, 1.54) is 31.3 Å². The van der Waals surface area contributed by atoms with Crippen LogP contribution in [0, 0.1) is 0 Å². The molecule has 1 aromatic heterocycles. The minimum atomic E-state index is -1.78. The summed E-state index contributed by atoms with van der Waals surface area (Å²) in [6.07, 6.45) is -1.50. The Morgan fingerprint density at radius 1 is 0.613 bits per heavy atom. The number of fused-ring (bicyclic) bond motifs is 3. The summed E-state index contributed by atoms with van der Waals surface area (Å²) in [6.45, 7) is 11.6. The smallest absolute Gasteiger partial charge is 0.226 e. The lowest BCUT2D eigenvalue weighted by molar-refractivity contribution is -0.387. The van der Waals surface area contributed by atoms with Gasteiger partial charge in [0.2, 0.25) is 5.79 Å². The molecule has 0 N–H and O–H groups in total. The maximum absolute atomic E-state index is 7.52. The second-order valence-electron chi connectivity index (χ2n) is 17.5. The molecule has 0 aliphatic carbocycles. The molecule has 0 amide bonds. The van der Waals surface area contributed by atoms with Gasteiger partial charge < -0.3 is 28.4 Å². The summed E-state index contributed by atoms with van der Waals surface area (Å²) in [5.41, 5.74) is 10.2. The molecule has 2 aliphatic heterocycles. The summed E-state index contributed by atoms with van der Waals surface area (Å²) in [5, 5.41) is 1.21. The van der Waals surface area contributed by atoms with E-state index in [4.69, 9.17) is 28.4 Å². The average Bonchev–Trinajstić information content (AvgIpc) is 3.86. The lowest BCUT2D eigenvalue weighted by Gasteiger charge is -2.51. The molecule has 1 spiro atoms. The fraction of sp³-hybridized carbons (Fsp3) is 0.296. The number of hydrogen-bond acceptors (Lipinski definition) is 7. The largest absolute Gasteiger partial charge is 0.374 e. The summed E-state index contributed by atoms with van der Waals surface area (Å²) in [5.74, 6) is -1.34. The van der Waals surface area contributed by atoms with E-state index in [9.17, 15) is 0 Å². The maximum Gasteiger partial charge on any atom is 0.226 e. The van der Waals surface area contributed by atoms with Crippen LogP contribution in [0.4, 0.5) is 0 Å². The molecular formula is C54H56O6SSi. The van der Waals surface area contributed by atoms with Gasteiger partial charge in [-0.25, -0.2) is 0 Å². The Kier molecular flexibility index (Phi) is 13.0. The van der Waals surface area contributed by atoms with Crippen LogP contribution in [-0.4, -0.2) is 39.1 Å². The molecule has 6 aromatic carbocycles. The van der Waals surface area contributed by atoms with Crippen LogP contribution in [0.5, 0.6) is 0 Å². The van der Waals surface area contributed by atoms with E-state index in [0.717, 1.165) is 39.8 Å². The average molecular weight is 861 g/mol. The molecule has 8 heteroatoms. The zero-order valence-corrected chi connectivity index (χ0v) is 37.9. The van der Waals surface area contributed by atoms with Crippen molar-refractivity contribution in [3.05, 3.63) is 197 Å². The first-order valence-electron chi connectivity index (χ1n) is 21.9. The van der Waals surface area contributed by atoms with Crippen LogP contribution in [-0.2, 0) is 73.7 Å². The van der Waals surface area contributed by atoms with Gasteiger partial charge in [0.1, 0.15) is 24.4 Å². The summed E-state index contributed by atoms with van der Waals surface area (Å²) < 4.78 is 45.3. The molecule has 5 atom stereocenters. The van der Waals surface area contributed by atoms with Crippen molar-refractivity contribution in [2.75, 3.05) is 6.61 Å². The van der Waals surface area contributed by atoms with Gasteiger partial charge in [-0.05, 0) is 67.6 Å². The number of rotatable bonds is 16. The molecule has 1 fully saturated rings. The minimum Gasteiger partial charge on any atom is -0.374 e. The van der Waals surface area contributed by atoms with E-state index in [-0.39, 0.29) is 6.61 Å². The zero-order valence-electron chi connectivity index (χ0n) is 36.1. The second-order valence-corrected chi connectivity index (χ2v) is 23.9. The van der Waals surface area contributed by atoms with Crippen LogP contribution in [0.1, 0.15) is 45.9 Å². The Morgan fingerprint density at radius 2 is 1.15 bits per heavy atom. The van der Waals surface area contributed by atoms with E-state index < -0.39 is 38.3 Å². The van der Waals surface area contributed by atoms with Crippen molar-refractivity contribution in [3.8, 4) is 11.1 Å². The monoisotopic (exact) mass is 860 g/mol. The van der Waals surface area contributed by atoms with E-state index in [0.29, 0.717) is 33.0 Å². The van der Waals surface area contributed by atoms with Crippen LogP contribution < -0.4 is 4.50 Å². The predicted octanol–water partition coefficient (Wildman–Crippen LogP) is 11.7. The normalized spacial score (nSPS) is 21.1. The van der Waals surface area contributed by atoms with Crippen LogP contribution in [0.2, 0.25) is 19.6 Å². The third kappa shape index (κ3) is 9.16. The third-order valence-electron chi connectivity index (χ3n) is 12.0. The maximum atomic E-state index is 7.52. The van der Waals surface area contributed by atoms with Crippen molar-refractivity contribution in [1.82, 2.24) is 0 Å². The number of ether oxygens (including phenoxy) is 6. The summed E-state index contributed by atoms with van der Waals surface area (Å²) >= 11 is 1.94. The molecule has 9 rings (SSSR count). The molecule has 318 valence electrons. The van der Waals surface area contributed by atoms with E-state index in [2.05, 4.69) is 111 Å². The van der Waals surface area contributed by atoms with E-state index in [1.54, 1.807) is 0 Å². The van der Waals surface area contributed by atoms with Gasteiger partial charge in [-0.3, -0.25) is 0 Å². The Hall–Kier alpha value is -4.74. The first-order chi connectivity index (χ1) is 30.3. The van der Waals surface area contributed by atoms with Crippen molar-refractivity contribution in [1.29, 1.82) is 0 Å². The molecule has 62 heavy (non-hydrogen) atoms. The van der Waals surface area contributed by atoms with E-state index >= 15 is 0 Å². The fourth-order valence-electron chi connectivity index (χ4n) is 8.78. The van der Waals surface area contributed by atoms with Gasteiger partial charge in [-0.2, -0.15) is 0 Å². The van der Waals surface area contributed by atoms with Gasteiger partial charge in [0.25, 0.3) is 0 Å². The Morgan fingerprint density at radius 3 is 1.69 bits per heavy atom. The number of aryl methyl sites for hydroxylation is 1. The predicted molar refractivity (Wildman–Crippen MR) is 252 cm³/mol. The third-order valence-corrected chi connectivity index (χ3v) is 16.7. The van der Waals surface area contributed by atoms with Crippen molar-refractivity contribution in [3.63, 3.8) is 0 Å². The lowest BCUT2D eigenvalue weighted by atomic mass is 9.86. The highest BCUT2D eigenvalue weighted by molar-refractivity contribution is 7.32. The highest BCUT2D eigenvalue weighted by Crippen LogP contribution is 2.51. The molecule has 0 radical (unpaired) electrons. The van der Waals surface area contributed by atoms with Gasteiger partial charge in [0.15, 0.2) is 0 Å². The first kappa shape index (κ1) is 42.6. The van der Waals surface area contributed by atoms with Gasteiger partial charge in [-0.1, -0.05) is 172 Å². The van der Waals surface area contributed by atoms with Crippen molar-refractivity contribution < 1.29 is 28.4 Å². The molecular weight excluding hydrogens is 805 g/mol. The first-order valence-corrected chi connectivity index (χ1v) is 26.2. The fourth-order valence-corrected chi connectivity index (χ4v) is 12.4. The van der Waals surface area contributed by atoms with Gasteiger partial charge in [-0.15, -0.1) is 11.3 Å². The molecule has 1 saturated heterocycles. The molecule has 0 bridgehead atoms. The van der Waals surface area contributed by atoms with Crippen LogP contribution >= 0.6 is 11.3 Å². The minimum absolute atomic E-state index is 0.251. The molecule has 2 aliphatic rings. The molecule has 3 heterocycles. The summed E-state index contributed by atoms with van der Waals surface area (Å²) in [7, 11) is -1.78. The number of thiophene rings is 1. The number of benzene rings is 6. The Balaban J connectivity index is 1.19. The molecule has 0 saturated carbocycles. The summed E-state index contributed by atoms with van der Waals surface area (Å²) in [6, 6.07) is 54.9. The standard InChI is InChI=1S/C54H56O6SSi/c1-5-38-26-28-43(29-27-38)49-45-31-46-44(30-48(45)61-53(49)62(2,3)4)36-59-54(46)52(58-35-42-24-16-9-17-25-42)51(57-34-41-22-14-8-15-23-41)50(56-33-40-20-12-7-13-21-40)47(60-54)37-55-32-39-18-10-6-11-19-39/h6-31,47,50-52H,5,32-37H2,1-4H3/t47-,50-,51+,52-,54+/m1/s1. The van der Waals surface area contributed by atoms with Gasteiger partial charge in [0, 0.05) is 15.6 Å². The van der Waals surface area contributed by atoms with Crippen LogP contribution in [0.25, 0.3) is 21.2 Å². The second kappa shape index (κ2) is 18.9. The van der Waals surface area contributed by atoms with Crippen LogP contribution in [0.15, 0.2) is 158 Å². The highest BCUT2D eigenvalue weighted by atomic mass is 32.1. The SMILES string of the molecule is CCc1ccc(-c2c([Si](C)(C)C)sc3cc4c(cc23)[C@]2(OC4)O[C@H](COCc3ccccc3)[C@@H](OCc3ccccc3)[C@H](OCc3ccccc3)[C@H]2OCc2ccccc2)cc1. The van der Waals surface area contributed by atoms with Crippen molar-refractivity contribution >= 4 is 34.0 Å². The van der Waals surface area contributed by atoms with Gasteiger partial charge in [0.05, 0.1) is 47.7 Å². The zero-order chi connectivity index (χ0) is 42.5. The molecule has 0 unspecified atom stereocenters. The lowest BCUT2D eigenvalue weighted by Crippen LogP contribution is -2.65. The Labute approximate surface area is 371 Å². The topological polar surface area (TPSA) is 55.4 Å². The molecule has 7 aromatic rings. The number of hydrogen-bond donors (Lipinski definition) is 0. The quantitative estimate of drug-likeness (QED) is 0.0902.